The van der Waals surface area contributed by atoms with E-state index in [1.807, 2.05) is 13.8 Å². The smallest absolute Gasteiger partial charge is 0.345 e. The van der Waals surface area contributed by atoms with E-state index < -0.39 is 10.5 Å². The van der Waals surface area contributed by atoms with Gasteiger partial charge in [0.05, 0.1) is 17.1 Å². The zero-order valence-corrected chi connectivity index (χ0v) is 10.1. The van der Waals surface area contributed by atoms with Crippen LogP contribution in [0.1, 0.15) is 26.7 Å². The number of rotatable bonds is 6. The largest absolute Gasteiger partial charge is 0.394 e. The highest BCUT2D eigenvalue weighted by molar-refractivity contribution is 7.18. The molecule has 7 heteroatoms. The molecule has 0 atom stereocenters. The molecule has 1 rings (SSSR count). The van der Waals surface area contributed by atoms with E-state index in [0.29, 0.717) is 5.13 Å². The molecule has 16 heavy (non-hydrogen) atoms. The van der Waals surface area contributed by atoms with Crippen molar-refractivity contribution in [2.24, 2.45) is 0 Å². The maximum atomic E-state index is 10.5. The van der Waals surface area contributed by atoms with Gasteiger partial charge in [0.1, 0.15) is 6.20 Å². The third-order valence-electron chi connectivity index (χ3n) is 2.70. The van der Waals surface area contributed by atoms with Crippen LogP contribution < -0.4 is 5.32 Å². The van der Waals surface area contributed by atoms with Gasteiger partial charge in [-0.2, -0.15) is 0 Å². The average molecular weight is 245 g/mol. The summed E-state index contributed by atoms with van der Waals surface area (Å²) in [6, 6.07) is 0. The predicted octanol–water partition coefficient (Wildman–Crippen LogP) is 2.01. The van der Waals surface area contributed by atoms with E-state index in [0.717, 1.165) is 24.2 Å². The van der Waals surface area contributed by atoms with E-state index in [-0.39, 0.29) is 11.6 Å². The van der Waals surface area contributed by atoms with Crippen molar-refractivity contribution in [1.82, 2.24) is 4.98 Å². The van der Waals surface area contributed by atoms with Crippen LogP contribution in [-0.2, 0) is 0 Å². The summed E-state index contributed by atoms with van der Waals surface area (Å²) in [5, 5.41) is 23.4. The Morgan fingerprint density at radius 3 is 2.62 bits per heavy atom. The monoisotopic (exact) mass is 245 g/mol. The lowest BCUT2D eigenvalue weighted by Gasteiger charge is -2.30. The zero-order valence-electron chi connectivity index (χ0n) is 9.27. The van der Waals surface area contributed by atoms with Gasteiger partial charge < -0.3 is 10.4 Å². The molecule has 0 spiro atoms. The first-order chi connectivity index (χ1) is 7.56. The Morgan fingerprint density at radius 2 is 2.25 bits per heavy atom. The highest BCUT2D eigenvalue weighted by Gasteiger charge is 2.26. The Bertz CT molecular complexity index is 354. The van der Waals surface area contributed by atoms with Crippen LogP contribution in [-0.4, -0.2) is 27.2 Å². The Hall–Kier alpha value is -1.21. The minimum absolute atomic E-state index is 0.00143. The van der Waals surface area contributed by atoms with Gasteiger partial charge in [-0.3, -0.25) is 10.1 Å². The Kier molecular flexibility index (Phi) is 4.19. The van der Waals surface area contributed by atoms with Gasteiger partial charge in [0.2, 0.25) is 0 Å². The number of nitrogens with zero attached hydrogens (tertiary/aromatic N) is 2. The number of nitrogens with one attached hydrogen (secondary N) is 1. The molecule has 1 heterocycles. The van der Waals surface area contributed by atoms with E-state index in [1.54, 1.807) is 0 Å². The van der Waals surface area contributed by atoms with E-state index in [4.69, 9.17) is 0 Å². The summed E-state index contributed by atoms with van der Waals surface area (Å²) in [5.74, 6) is 0. The standard InChI is InChI=1S/C9H15N3O3S/c1-3-9(4-2,6-13)11-8-10-5-7(16-8)12(14)15/h5,13H,3-4,6H2,1-2H3,(H,10,11). The van der Waals surface area contributed by atoms with Gasteiger partial charge in [0.25, 0.3) is 0 Å². The van der Waals surface area contributed by atoms with Crippen molar-refractivity contribution >= 4 is 21.5 Å². The molecule has 1 aromatic rings. The lowest BCUT2D eigenvalue weighted by Crippen LogP contribution is -2.40. The Labute approximate surface area is 97.5 Å². The van der Waals surface area contributed by atoms with Crippen molar-refractivity contribution in [2.75, 3.05) is 11.9 Å². The molecule has 0 fully saturated rings. The molecule has 0 aromatic carbocycles. The lowest BCUT2D eigenvalue weighted by molar-refractivity contribution is -0.380. The maximum absolute atomic E-state index is 10.5. The number of thiazole rings is 1. The quantitative estimate of drug-likeness (QED) is 0.591. The summed E-state index contributed by atoms with van der Waals surface area (Å²) in [6.07, 6.45) is 2.68. The second kappa shape index (κ2) is 5.22. The second-order valence-electron chi connectivity index (χ2n) is 3.53. The van der Waals surface area contributed by atoms with Gasteiger partial charge in [-0.15, -0.1) is 0 Å². The number of aliphatic hydroxyl groups excluding tert-OH is 1. The van der Waals surface area contributed by atoms with Crippen LogP contribution in [0.4, 0.5) is 10.1 Å². The van der Waals surface area contributed by atoms with Crippen LogP contribution in [0.5, 0.6) is 0 Å². The van der Waals surface area contributed by atoms with Crippen LogP contribution in [0, 0.1) is 10.1 Å². The Morgan fingerprint density at radius 1 is 1.62 bits per heavy atom. The highest BCUT2D eigenvalue weighted by Crippen LogP contribution is 2.29. The molecular weight excluding hydrogens is 230 g/mol. The van der Waals surface area contributed by atoms with Crippen molar-refractivity contribution in [3.05, 3.63) is 16.3 Å². The summed E-state index contributed by atoms with van der Waals surface area (Å²) in [6.45, 7) is 3.89. The normalized spacial score (nSPS) is 11.4. The van der Waals surface area contributed by atoms with Crippen molar-refractivity contribution < 1.29 is 10.0 Å². The number of aromatic nitrogens is 1. The van der Waals surface area contributed by atoms with Crippen molar-refractivity contribution in [3.8, 4) is 0 Å². The van der Waals surface area contributed by atoms with Gasteiger partial charge >= 0.3 is 5.00 Å². The van der Waals surface area contributed by atoms with E-state index >= 15 is 0 Å². The van der Waals surface area contributed by atoms with E-state index in [9.17, 15) is 15.2 Å². The fourth-order valence-electron chi connectivity index (χ4n) is 1.32. The number of nitro groups is 1. The van der Waals surface area contributed by atoms with Gasteiger partial charge in [0.15, 0.2) is 5.13 Å². The summed E-state index contributed by atoms with van der Waals surface area (Å²) in [7, 11) is 0. The van der Waals surface area contributed by atoms with Crippen LogP contribution in [0.15, 0.2) is 6.20 Å². The molecule has 0 radical (unpaired) electrons. The third-order valence-corrected chi connectivity index (χ3v) is 3.57. The predicted molar refractivity (Wildman–Crippen MR) is 62.8 cm³/mol. The minimum atomic E-state index is -0.471. The van der Waals surface area contributed by atoms with Crippen LogP contribution in [0.3, 0.4) is 0 Å². The molecule has 0 bridgehead atoms. The molecule has 0 amide bonds. The summed E-state index contributed by atoms with van der Waals surface area (Å²) < 4.78 is 0. The third kappa shape index (κ3) is 2.67. The maximum Gasteiger partial charge on any atom is 0.345 e. The summed E-state index contributed by atoms with van der Waals surface area (Å²) >= 11 is 0.982. The summed E-state index contributed by atoms with van der Waals surface area (Å²) in [5.41, 5.74) is -0.439. The number of anilines is 1. The first-order valence-electron chi connectivity index (χ1n) is 5.06. The van der Waals surface area contributed by atoms with E-state index in [1.165, 1.54) is 6.20 Å². The van der Waals surface area contributed by atoms with Crippen LogP contribution >= 0.6 is 11.3 Å². The fourth-order valence-corrected chi connectivity index (χ4v) is 2.08. The molecule has 0 aliphatic rings. The SMILES string of the molecule is CCC(CC)(CO)Nc1ncc([N+](=O)[O-])s1. The van der Waals surface area contributed by atoms with Crippen molar-refractivity contribution in [1.29, 1.82) is 0 Å². The molecule has 0 saturated heterocycles. The van der Waals surface area contributed by atoms with Gasteiger partial charge in [-0.1, -0.05) is 13.8 Å². The van der Waals surface area contributed by atoms with Gasteiger partial charge in [0, 0.05) is 0 Å². The average Bonchev–Trinajstić information content (AvgIpc) is 2.74. The lowest BCUT2D eigenvalue weighted by atomic mass is 9.94. The molecule has 6 nitrogen and oxygen atoms in total. The highest BCUT2D eigenvalue weighted by atomic mass is 32.1. The van der Waals surface area contributed by atoms with Crippen LogP contribution in [0.2, 0.25) is 0 Å². The van der Waals surface area contributed by atoms with Gasteiger partial charge in [-0.05, 0) is 24.2 Å². The molecule has 0 aliphatic carbocycles. The number of hydrogen-bond acceptors (Lipinski definition) is 6. The van der Waals surface area contributed by atoms with Gasteiger partial charge in [-0.25, -0.2) is 4.98 Å². The molecule has 2 N–H and O–H groups in total. The molecular formula is C9H15N3O3S. The molecule has 0 saturated carbocycles. The topological polar surface area (TPSA) is 88.3 Å². The number of hydrogen-bond donors (Lipinski definition) is 2. The van der Waals surface area contributed by atoms with Crippen molar-refractivity contribution in [2.45, 2.75) is 32.2 Å². The first-order valence-corrected chi connectivity index (χ1v) is 5.88. The van der Waals surface area contributed by atoms with Crippen molar-refractivity contribution in [3.63, 3.8) is 0 Å². The molecule has 0 aliphatic heterocycles. The van der Waals surface area contributed by atoms with E-state index in [2.05, 4.69) is 10.3 Å². The first kappa shape index (κ1) is 12.9. The number of aliphatic hydroxyl groups is 1. The van der Waals surface area contributed by atoms with Crippen LogP contribution in [0.25, 0.3) is 0 Å². The fraction of sp³-hybridized carbons (Fsp3) is 0.667. The second-order valence-corrected chi connectivity index (χ2v) is 4.54. The molecule has 90 valence electrons. The zero-order chi connectivity index (χ0) is 12.2. The summed E-state index contributed by atoms with van der Waals surface area (Å²) in [4.78, 5) is 13.9. The Balaban J connectivity index is 2.81. The minimum Gasteiger partial charge on any atom is -0.394 e. The molecule has 1 aromatic heterocycles. The molecule has 0 unspecified atom stereocenters.